The number of carbonyl (C=O) groups is 2. The molecule has 1 aromatic carbocycles. The first-order valence-corrected chi connectivity index (χ1v) is 8.90. The molecule has 0 radical (unpaired) electrons. The quantitative estimate of drug-likeness (QED) is 0.483. The molecule has 148 valence electrons. The maximum Gasteiger partial charge on any atom is 0.499 e. The van der Waals surface area contributed by atoms with Gasteiger partial charge in [-0.3, -0.25) is 10.1 Å². The Morgan fingerprint density at radius 3 is 2.30 bits per heavy atom. The molecule has 0 bridgehead atoms. The zero-order valence-corrected chi connectivity index (χ0v) is 17.0. The third-order valence-corrected chi connectivity index (χ3v) is 4.56. The smallest absolute Gasteiger partial charge is 0.473 e. The fraction of sp³-hybridized carbons (Fsp3) is 0.579. The molecule has 8 heteroatoms. The Morgan fingerprint density at radius 1 is 1.19 bits per heavy atom. The van der Waals surface area contributed by atoms with Crippen molar-refractivity contribution in [3.05, 3.63) is 23.8 Å². The van der Waals surface area contributed by atoms with Crippen LogP contribution in [0.1, 0.15) is 58.8 Å². The van der Waals surface area contributed by atoms with Gasteiger partial charge in [0, 0.05) is 11.0 Å². The van der Waals surface area contributed by atoms with E-state index in [1.165, 1.54) is 0 Å². The Morgan fingerprint density at radius 2 is 1.78 bits per heavy atom. The van der Waals surface area contributed by atoms with E-state index in [0.717, 1.165) is 6.29 Å². The molecule has 27 heavy (non-hydrogen) atoms. The number of hydrogen-bond donors (Lipinski definition) is 1. The lowest BCUT2D eigenvalue weighted by atomic mass is 9.75. The summed E-state index contributed by atoms with van der Waals surface area (Å²) >= 11 is 0. The van der Waals surface area contributed by atoms with Gasteiger partial charge in [0.1, 0.15) is 17.6 Å². The molecular weight excluding hydrogens is 349 g/mol. The van der Waals surface area contributed by atoms with Crippen molar-refractivity contribution >= 4 is 25.0 Å². The van der Waals surface area contributed by atoms with Crippen molar-refractivity contribution in [3.63, 3.8) is 0 Å². The number of nitrogens with one attached hydrogen (secondary N) is 1. The highest BCUT2D eigenvalue weighted by Crippen LogP contribution is 2.37. The van der Waals surface area contributed by atoms with Crippen molar-refractivity contribution in [1.29, 1.82) is 0 Å². The van der Waals surface area contributed by atoms with E-state index in [0.29, 0.717) is 16.8 Å². The summed E-state index contributed by atoms with van der Waals surface area (Å²) in [5.41, 5.74) is -0.810. The van der Waals surface area contributed by atoms with E-state index in [4.69, 9.17) is 18.8 Å². The van der Waals surface area contributed by atoms with E-state index in [1.54, 1.807) is 39.0 Å². The number of ether oxygens (including phenoxy) is 2. The van der Waals surface area contributed by atoms with E-state index in [1.807, 2.05) is 27.7 Å². The van der Waals surface area contributed by atoms with Crippen LogP contribution in [0.25, 0.3) is 0 Å². The summed E-state index contributed by atoms with van der Waals surface area (Å²) in [4.78, 5) is 23.3. The van der Waals surface area contributed by atoms with Crippen LogP contribution < -0.4 is 15.5 Å². The van der Waals surface area contributed by atoms with Crippen molar-refractivity contribution in [3.8, 4) is 5.75 Å². The first-order valence-electron chi connectivity index (χ1n) is 8.90. The number of amides is 1. The highest BCUT2D eigenvalue weighted by Gasteiger charge is 2.53. The molecule has 0 unspecified atom stereocenters. The minimum atomic E-state index is -0.757. The molecule has 0 aromatic heterocycles. The van der Waals surface area contributed by atoms with Gasteiger partial charge in [0.2, 0.25) is 0 Å². The number of carbonyl (C=O) groups excluding carboxylic acids is 2. The second-order valence-corrected chi connectivity index (χ2v) is 8.43. The maximum absolute atomic E-state index is 11.8. The first kappa shape index (κ1) is 21.2. The van der Waals surface area contributed by atoms with Crippen LogP contribution in [0.4, 0.5) is 4.79 Å². The fourth-order valence-electron chi connectivity index (χ4n) is 2.49. The summed E-state index contributed by atoms with van der Waals surface area (Å²) in [5, 5.41) is 2.52. The molecule has 1 aliphatic rings. The van der Waals surface area contributed by atoms with E-state index in [2.05, 4.69) is 5.32 Å². The first-order chi connectivity index (χ1) is 12.4. The van der Waals surface area contributed by atoms with Crippen LogP contribution in [0, 0.1) is 0 Å². The van der Waals surface area contributed by atoms with Crippen LogP contribution in [0.2, 0.25) is 0 Å². The predicted octanol–water partition coefficient (Wildman–Crippen LogP) is 2.66. The molecule has 0 spiro atoms. The van der Waals surface area contributed by atoms with Gasteiger partial charge in [-0.15, -0.1) is 0 Å². The van der Waals surface area contributed by atoms with Gasteiger partial charge in [0.05, 0.1) is 11.2 Å². The minimum absolute atomic E-state index is 0.121. The Kier molecular flexibility index (Phi) is 5.92. The summed E-state index contributed by atoms with van der Waals surface area (Å²) < 4.78 is 23.0. The summed E-state index contributed by atoms with van der Waals surface area (Å²) in [6.07, 6.45) is 0.139. The molecule has 0 saturated carbocycles. The fourth-order valence-corrected chi connectivity index (χ4v) is 2.49. The van der Waals surface area contributed by atoms with Gasteiger partial charge < -0.3 is 18.8 Å². The average Bonchev–Trinajstić information content (AvgIpc) is 2.73. The van der Waals surface area contributed by atoms with Gasteiger partial charge in [0.15, 0.2) is 6.73 Å². The van der Waals surface area contributed by atoms with E-state index >= 15 is 0 Å². The van der Waals surface area contributed by atoms with Crippen molar-refractivity contribution in [2.24, 2.45) is 0 Å². The molecule has 1 N–H and O–H groups in total. The topological polar surface area (TPSA) is 83.1 Å². The van der Waals surface area contributed by atoms with Crippen molar-refractivity contribution in [2.45, 2.75) is 65.3 Å². The molecule has 0 aliphatic carbocycles. The molecule has 7 nitrogen and oxygen atoms in total. The second-order valence-electron chi connectivity index (χ2n) is 8.43. The van der Waals surface area contributed by atoms with Crippen molar-refractivity contribution in [2.75, 3.05) is 6.73 Å². The zero-order valence-electron chi connectivity index (χ0n) is 17.0. The van der Waals surface area contributed by atoms with Crippen LogP contribution in [-0.2, 0) is 14.0 Å². The van der Waals surface area contributed by atoms with Crippen LogP contribution >= 0.6 is 0 Å². The lowest BCUT2D eigenvalue weighted by Crippen LogP contribution is -2.41. The van der Waals surface area contributed by atoms with Crippen LogP contribution in [0.5, 0.6) is 5.75 Å². The lowest BCUT2D eigenvalue weighted by molar-refractivity contribution is 0.00578. The van der Waals surface area contributed by atoms with E-state index in [-0.39, 0.29) is 6.73 Å². The SMILES string of the molecule is CC(C)(C)OC(=O)NCOc1cccc(C=O)c1B1OC(C)(C)C(C)(C)O1. The third kappa shape index (κ3) is 5.02. The summed E-state index contributed by atoms with van der Waals surface area (Å²) in [7, 11) is -0.757. The highest BCUT2D eigenvalue weighted by molar-refractivity contribution is 6.64. The Balaban J connectivity index is 2.17. The highest BCUT2D eigenvalue weighted by atomic mass is 16.7. The number of rotatable bonds is 5. The van der Waals surface area contributed by atoms with Gasteiger partial charge in [-0.25, -0.2) is 4.79 Å². The van der Waals surface area contributed by atoms with Crippen LogP contribution in [0.3, 0.4) is 0 Å². The van der Waals surface area contributed by atoms with E-state index in [9.17, 15) is 9.59 Å². The van der Waals surface area contributed by atoms with Gasteiger partial charge >= 0.3 is 13.2 Å². The van der Waals surface area contributed by atoms with Gasteiger partial charge in [-0.05, 0) is 54.5 Å². The summed E-state index contributed by atoms with van der Waals surface area (Å²) in [5.74, 6) is 0.397. The molecular formula is C19H28BNO6. The Labute approximate surface area is 160 Å². The van der Waals surface area contributed by atoms with E-state index < -0.39 is 30.0 Å². The van der Waals surface area contributed by atoms with Crippen molar-refractivity contribution in [1.82, 2.24) is 5.32 Å². The molecule has 1 fully saturated rings. The molecule has 1 aromatic rings. The van der Waals surface area contributed by atoms with Crippen LogP contribution in [-0.4, -0.2) is 43.0 Å². The Bertz CT molecular complexity index is 695. The van der Waals surface area contributed by atoms with Crippen molar-refractivity contribution < 1.29 is 28.4 Å². The molecule has 1 saturated heterocycles. The lowest BCUT2D eigenvalue weighted by Gasteiger charge is -2.32. The molecule has 0 atom stereocenters. The standard InChI is InChI=1S/C19H28BNO6/c1-17(2,3)25-16(23)21-12-24-14-10-8-9-13(11-22)15(14)20-26-18(4,5)19(6,7)27-20/h8-11H,12H2,1-7H3,(H,21,23). The maximum atomic E-state index is 11.8. The molecule has 1 amide bonds. The molecule has 2 rings (SSSR count). The Hall–Kier alpha value is -2.06. The predicted molar refractivity (Wildman–Crippen MR) is 102 cm³/mol. The monoisotopic (exact) mass is 377 g/mol. The van der Waals surface area contributed by atoms with Gasteiger partial charge in [-0.1, -0.05) is 12.1 Å². The van der Waals surface area contributed by atoms with Crippen LogP contribution in [0.15, 0.2) is 18.2 Å². The third-order valence-electron chi connectivity index (χ3n) is 4.56. The normalized spacial score (nSPS) is 18.1. The number of benzene rings is 1. The van der Waals surface area contributed by atoms with Gasteiger partial charge in [0.25, 0.3) is 0 Å². The van der Waals surface area contributed by atoms with Gasteiger partial charge in [-0.2, -0.15) is 0 Å². The number of alkyl carbamates (subject to hydrolysis) is 1. The average molecular weight is 377 g/mol. The minimum Gasteiger partial charge on any atom is -0.473 e. The largest absolute Gasteiger partial charge is 0.499 e. The summed E-state index contributed by atoms with van der Waals surface area (Å²) in [6, 6.07) is 5.06. The second kappa shape index (κ2) is 7.52. The number of hydrogen-bond acceptors (Lipinski definition) is 6. The number of aldehydes is 1. The molecule has 1 aliphatic heterocycles. The molecule has 1 heterocycles. The zero-order chi connectivity index (χ0) is 20.5. The summed E-state index contributed by atoms with van der Waals surface area (Å²) in [6.45, 7) is 12.9.